The Morgan fingerprint density at radius 1 is 1.75 bits per heavy atom. The van der Waals surface area contributed by atoms with Crippen LogP contribution in [0.5, 0.6) is 0 Å². The molecule has 0 aromatic rings. The van der Waals surface area contributed by atoms with Crippen LogP contribution in [-0.4, -0.2) is 17.0 Å². The average Bonchev–Trinajstić information content (AvgIpc) is 2.14. The fourth-order valence-electron chi connectivity index (χ4n) is 0.640. The van der Waals surface area contributed by atoms with Gasteiger partial charge in [-0.05, 0) is 29.0 Å². The molecule has 2 nitrogen and oxygen atoms in total. The van der Waals surface area contributed by atoms with Gasteiger partial charge in [0.25, 0.3) is 0 Å². The number of alkyl halides is 1. The van der Waals surface area contributed by atoms with Gasteiger partial charge in [-0.2, -0.15) is 0 Å². The lowest BCUT2D eigenvalue weighted by Gasteiger charge is -2.02. The van der Waals surface area contributed by atoms with Gasteiger partial charge in [0.1, 0.15) is 4.11 Å². The van der Waals surface area contributed by atoms with Crippen LogP contribution in [0.25, 0.3) is 0 Å². The Hall–Kier alpha value is 0.650. The van der Waals surface area contributed by atoms with Crippen LogP contribution in [0.2, 0.25) is 0 Å². The van der Waals surface area contributed by atoms with Crippen LogP contribution in [0.4, 0.5) is 0 Å². The number of hydrogen-bond donors (Lipinski definition) is 0. The number of halogens is 1. The molecule has 2 atom stereocenters. The van der Waals surface area contributed by atoms with E-state index in [2.05, 4.69) is 29.5 Å². The van der Waals surface area contributed by atoms with Crippen molar-refractivity contribution in [3.8, 4) is 0 Å². The van der Waals surface area contributed by atoms with Crippen molar-refractivity contribution in [2.45, 2.75) is 23.7 Å². The molecule has 1 fully saturated rings. The molecule has 0 amide bonds. The molecule has 1 aliphatic heterocycles. The van der Waals surface area contributed by atoms with E-state index < -0.39 is 0 Å². The van der Waals surface area contributed by atoms with Crippen LogP contribution in [0.15, 0.2) is 0 Å². The summed E-state index contributed by atoms with van der Waals surface area (Å²) < 4.78 is 10.7. The Bertz CT molecular complexity index is 76.8. The summed E-state index contributed by atoms with van der Waals surface area (Å²) in [4.78, 5) is 0. The van der Waals surface area contributed by atoms with Gasteiger partial charge in [-0.15, -0.1) is 0 Å². The molecule has 1 unspecified atom stereocenters. The molecule has 0 bridgehead atoms. The minimum atomic E-state index is 0.0666. The second-order valence-electron chi connectivity index (χ2n) is 1.72. The zero-order valence-corrected chi connectivity index (χ0v) is 6.92. The van der Waals surface area contributed by atoms with Crippen molar-refractivity contribution in [2.75, 3.05) is 6.61 Å². The van der Waals surface area contributed by atoms with E-state index in [1.807, 2.05) is 0 Å². The topological polar surface area (TPSA) is 18.5 Å². The van der Waals surface area contributed by atoms with Crippen molar-refractivity contribution in [1.82, 2.24) is 0 Å². The van der Waals surface area contributed by atoms with E-state index in [1.165, 1.54) is 0 Å². The molecule has 8 heavy (non-hydrogen) atoms. The first-order valence-electron chi connectivity index (χ1n) is 2.74. The molecule has 3 heteroatoms. The summed E-state index contributed by atoms with van der Waals surface area (Å²) in [5.41, 5.74) is 0. The highest BCUT2D eigenvalue weighted by Gasteiger charge is 2.20. The van der Waals surface area contributed by atoms with Crippen LogP contribution in [0.1, 0.15) is 13.3 Å². The number of rotatable bonds is 1. The Morgan fingerprint density at radius 2 is 2.50 bits per heavy atom. The average molecular weight is 228 g/mol. The first kappa shape index (κ1) is 6.77. The van der Waals surface area contributed by atoms with Gasteiger partial charge in [0, 0.05) is 0 Å². The smallest absolute Gasteiger partial charge is 0.159 e. The van der Waals surface area contributed by atoms with E-state index in [1.54, 1.807) is 0 Å². The molecule has 1 saturated heterocycles. The number of hydrogen-bond acceptors (Lipinski definition) is 2. The summed E-state index contributed by atoms with van der Waals surface area (Å²) in [6.07, 6.45) is 1.02. The second kappa shape index (κ2) is 2.98. The predicted octanol–water partition coefficient (Wildman–Crippen LogP) is 1.53. The van der Waals surface area contributed by atoms with Crippen LogP contribution in [0.3, 0.4) is 0 Å². The van der Waals surface area contributed by atoms with Crippen molar-refractivity contribution < 1.29 is 9.47 Å². The second-order valence-corrected chi connectivity index (χ2v) is 3.11. The van der Waals surface area contributed by atoms with E-state index >= 15 is 0 Å². The Morgan fingerprint density at radius 3 is 2.75 bits per heavy atom. The molecule has 1 rings (SSSR count). The summed E-state index contributed by atoms with van der Waals surface area (Å²) >= 11 is 2.22. The molecule has 48 valence electrons. The van der Waals surface area contributed by atoms with Crippen molar-refractivity contribution in [3.63, 3.8) is 0 Å². The molecule has 0 aliphatic carbocycles. The van der Waals surface area contributed by atoms with Gasteiger partial charge in [-0.3, -0.25) is 0 Å². The molecule has 0 aromatic carbocycles. The molecule has 1 heterocycles. The van der Waals surface area contributed by atoms with Crippen LogP contribution in [0, 0.1) is 0 Å². The van der Waals surface area contributed by atoms with Gasteiger partial charge < -0.3 is 9.47 Å². The minimum absolute atomic E-state index is 0.0666. The maximum atomic E-state index is 5.27. The quantitative estimate of drug-likeness (QED) is 0.500. The van der Waals surface area contributed by atoms with Crippen LogP contribution >= 0.6 is 22.6 Å². The highest BCUT2D eigenvalue weighted by Crippen LogP contribution is 2.18. The molecular formula is C5H9IO2. The molecular weight excluding hydrogens is 219 g/mol. The zero-order chi connectivity index (χ0) is 5.98. The van der Waals surface area contributed by atoms with E-state index in [9.17, 15) is 0 Å². The molecule has 0 aromatic heterocycles. The lowest BCUT2D eigenvalue weighted by molar-refractivity contribution is -0.0452. The summed E-state index contributed by atoms with van der Waals surface area (Å²) in [6.45, 7) is 2.80. The van der Waals surface area contributed by atoms with Gasteiger partial charge in [0.15, 0.2) is 6.29 Å². The fourth-order valence-corrected chi connectivity index (χ4v) is 1.18. The van der Waals surface area contributed by atoms with Gasteiger partial charge in [-0.25, -0.2) is 0 Å². The molecule has 0 spiro atoms. The van der Waals surface area contributed by atoms with Gasteiger partial charge in [0.05, 0.1) is 6.61 Å². The Kier molecular flexibility index (Phi) is 2.52. The third kappa shape index (κ3) is 1.56. The zero-order valence-electron chi connectivity index (χ0n) is 4.76. The van der Waals surface area contributed by atoms with E-state index in [4.69, 9.17) is 9.47 Å². The maximum Gasteiger partial charge on any atom is 0.159 e. The highest BCUT2D eigenvalue weighted by atomic mass is 127. The fraction of sp³-hybridized carbons (Fsp3) is 1.00. The van der Waals surface area contributed by atoms with Gasteiger partial charge in [-0.1, -0.05) is 6.92 Å². The Labute approximate surface area is 62.7 Å². The molecule has 0 N–H and O–H groups in total. The summed E-state index contributed by atoms with van der Waals surface area (Å²) in [7, 11) is 0. The summed E-state index contributed by atoms with van der Waals surface area (Å²) in [5.74, 6) is 0. The Balaban J connectivity index is 2.22. The standard InChI is InChI=1S/C5H9IO2/c1-2-5-7-3-4(6)8-5/h4-5H,2-3H2,1H3/t4?,5-/m0/s1. The molecule has 0 radical (unpaired) electrons. The summed E-state index contributed by atoms with van der Waals surface area (Å²) in [5, 5.41) is 0. The van der Waals surface area contributed by atoms with E-state index in [0.29, 0.717) is 0 Å². The van der Waals surface area contributed by atoms with Crippen molar-refractivity contribution in [1.29, 1.82) is 0 Å². The van der Waals surface area contributed by atoms with Crippen molar-refractivity contribution in [3.05, 3.63) is 0 Å². The van der Waals surface area contributed by atoms with Gasteiger partial charge >= 0.3 is 0 Å². The van der Waals surface area contributed by atoms with Crippen molar-refractivity contribution >= 4 is 22.6 Å². The third-order valence-electron chi connectivity index (χ3n) is 1.05. The molecule has 1 aliphatic rings. The van der Waals surface area contributed by atoms with Crippen molar-refractivity contribution in [2.24, 2.45) is 0 Å². The largest absolute Gasteiger partial charge is 0.349 e. The van der Waals surface area contributed by atoms with Gasteiger partial charge in [0.2, 0.25) is 0 Å². The van der Waals surface area contributed by atoms with Crippen LogP contribution < -0.4 is 0 Å². The van der Waals surface area contributed by atoms with E-state index in [0.717, 1.165) is 13.0 Å². The first-order chi connectivity index (χ1) is 3.83. The third-order valence-corrected chi connectivity index (χ3v) is 1.70. The lowest BCUT2D eigenvalue weighted by atomic mass is 10.5. The summed E-state index contributed by atoms with van der Waals surface area (Å²) in [6, 6.07) is 0. The van der Waals surface area contributed by atoms with Crippen LogP contribution in [-0.2, 0) is 9.47 Å². The minimum Gasteiger partial charge on any atom is -0.349 e. The highest BCUT2D eigenvalue weighted by molar-refractivity contribution is 14.1. The number of ether oxygens (including phenoxy) is 2. The SMILES string of the molecule is CC[C@H]1OCC(I)O1. The monoisotopic (exact) mass is 228 g/mol. The molecule has 0 saturated carbocycles. The lowest BCUT2D eigenvalue weighted by Crippen LogP contribution is -2.05. The van der Waals surface area contributed by atoms with E-state index in [-0.39, 0.29) is 10.4 Å². The normalized spacial score (nSPS) is 38.2. The first-order valence-corrected chi connectivity index (χ1v) is 3.98. The maximum absolute atomic E-state index is 5.27. The predicted molar refractivity (Wildman–Crippen MR) is 38.9 cm³/mol.